The van der Waals surface area contributed by atoms with Gasteiger partial charge in [0.05, 0.1) is 0 Å². The summed E-state index contributed by atoms with van der Waals surface area (Å²) in [5.41, 5.74) is 0.179. The van der Waals surface area contributed by atoms with E-state index in [0.717, 1.165) is 31.0 Å². The van der Waals surface area contributed by atoms with E-state index in [1.54, 1.807) is 0 Å². The van der Waals surface area contributed by atoms with Gasteiger partial charge in [-0.25, -0.2) is 4.79 Å². The van der Waals surface area contributed by atoms with E-state index in [4.69, 9.17) is 0 Å². The molecule has 1 heterocycles. The van der Waals surface area contributed by atoms with Crippen molar-refractivity contribution in [2.75, 3.05) is 6.54 Å². The Balaban J connectivity index is 1.33. The second-order valence-electron chi connectivity index (χ2n) is 6.57. The van der Waals surface area contributed by atoms with Crippen molar-refractivity contribution in [2.45, 2.75) is 57.2 Å². The van der Waals surface area contributed by atoms with Crippen LogP contribution < -0.4 is 11.0 Å². The van der Waals surface area contributed by atoms with Crippen LogP contribution in [0.2, 0.25) is 0 Å². The molecule has 0 radical (unpaired) electrons. The highest BCUT2D eigenvalue weighted by molar-refractivity contribution is 4.96. The maximum atomic E-state index is 12.1. The minimum Gasteiger partial charge on any atom is -0.312 e. The number of nitrogens with one attached hydrogen (secondary N) is 1. The summed E-state index contributed by atoms with van der Waals surface area (Å²) in [6.45, 7) is 1.75. The predicted molar refractivity (Wildman–Crippen MR) is 74.2 cm³/mol. The zero-order valence-electron chi connectivity index (χ0n) is 11.4. The minimum absolute atomic E-state index is 0.179. The summed E-state index contributed by atoms with van der Waals surface area (Å²) in [7, 11) is 0. The first-order valence-corrected chi connectivity index (χ1v) is 7.83. The Kier molecular flexibility index (Phi) is 2.79. The highest BCUT2D eigenvalue weighted by Gasteiger charge is 2.40. The van der Waals surface area contributed by atoms with Crippen LogP contribution in [0.25, 0.3) is 0 Å². The van der Waals surface area contributed by atoms with Gasteiger partial charge in [0, 0.05) is 37.6 Å². The molecule has 1 N–H and O–H groups in total. The fraction of sp³-hybridized carbons (Fsp3) is 0.800. The van der Waals surface area contributed by atoms with E-state index in [9.17, 15) is 4.79 Å². The molecule has 19 heavy (non-hydrogen) atoms. The fourth-order valence-electron chi connectivity index (χ4n) is 3.21. The Hall–Kier alpha value is -1.03. The summed E-state index contributed by atoms with van der Waals surface area (Å²) in [4.78, 5) is 12.1. The number of imidazole rings is 1. The van der Waals surface area contributed by atoms with Crippen LogP contribution in [0.15, 0.2) is 17.2 Å². The summed E-state index contributed by atoms with van der Waals surface area (Å²) in [6.07, 6.45) is 11.9. The molecule has 4 rings (SSSR count). The first-order chi connectivity index (χ1) is 9.33. The minimum atomic E-state index is 0.179. The van der Waals surface area contributed by atoms with Gasteiger partial charge in [-0.1, -0.05) is 0 Å². The zero-order chi connectivity index (χ0) is 12.8. The average Bonchev–Trinajstić information content (AvgIpc) is 3.26. The van der Waals surface area contributed by atoms with Gasteiger partial charge in [-0.2, -0.15) is 0 Å². The van der Waals surface area contributed by atoms with Gasteiger partial charge in [-0.15, -0.1) is 0 Å². The van der Waals surface area contributed by atoms with Crippen molar-refractivity contribution in [1.29, 1.82) is 0 Å². The van der Waals surface area contributed by atoms with Gasteiger partial charge in [-0.05, 0) is 50.4 Å². The third-order valence-corrected chi connectivity index (χ3v) is 4.81. The van der Waals surface area contributed by atoms with Crippen molar-refractivity contribution in [2.24, 2.45) is 11.8 Å². The normalized spacial score (nSPS) is 23.2. The fourth-order valence-corrected chi connectivity index (χ4v) is 3.21. The molecule has 4 heteroatoms. The highest BCUT2D eigenvalue weighted by Crippen LogP contribution is 2.44. The van der Waals surface area contributed by atoms with E-state index in [2.05, 4.69) is 5.32 Å². The van der Waals surface area contributed by atoms with E-state index < -0.39 is 0 Å². The molecule has 0 spiro atoms. The lowest BCUT2D eigenvalue weighted by atomic mass is 10.1. The largest absolute Gasteiger partial charge is 0.328 e. The summed E-state index contributed by atoms with van der Waals surface area (Å²) in [5, 5.41) is 3.70. The van der Waals surface area contributed by atoms with Crippen molar-refractivity contribution in [3.05, 3.63) is 22.9 Å². The van der Waals surface area contributed by atoms with Crippen LogP contribution in [0, 0.1) is 11.8 Å². The first-order valence-electron chi connectivity index (χ1n) is 7.83. The first kappa shape index (κ1) is 11.8. The van der Waals surface area contributed by atoms with Crippen LogP contribution in [-0.4, -0.2) is 21.7 Å². The van der Waals surface area contributed by atoms with E-state index >= 15 is 0 Å². The second kappa shape index (κ2) is 4.51. The van der Waals surface area contributed by atoms with Crippen LogP contribution in [0.3, 0.4) is 0 Å². The number of aromatic nitrogens is 2. The molecule has 4 nitrogen and oxygen atoms in total. The Morgan fingerprint density at radius 2 is 1.79 bits per heavy atom. The van der Waals surface area contributed by atoms with E-state index in [0.29, 0.717) is 6.04 Å². The molecule has 0 atom stereocenters. The van der Waals surface area contributed by atoms with Gasteiger partial charge in [-0.3, -0.25) is 9.13 Å². The zero-order valence-corrected chi connectivity index (χ0v) is 11.4. The average molecular weight is 261 g/mol. The predicted octanol–water partition coefficient (Wildman–Crippen LogP) is 1.76. The second-order valence-corrected chi connectivity index (χ2v) is 6.57. The highest BCUT2D eigenvalue weighted by atomic mass is 16.1. The Morgan fingerprint density at radius 1 is 1.11 bits per heavy atom. The molecule has 1 aromatic heterocycles. The van der Waals surface area contributed by atoms with E-state index in [1.807, 2.05) is 21.5 Å². The summed E-state index contributed by atoms with van der Waals surface area (Å²) in [6, 6.07) is 1.23. The molecular formula is C15H23N3O. The number of nitrogens with zero attached hydrogens (tertiary/aromatic N) is 2. The van der Waals surface area contributed by atoms with Crippen LogP contribution in [-0.2, 0) is 6.54 Å². The molecule has 0 saturated heterocycles. The Morgan fingerprint density at radius 3 is 2.37 bits per heavy atom. The lowest BCUT2D eigenvalue weighted by molar-refractivity contribution is 0.404. The lowest BCUT2D eigenvalue weighted by Crippen LogP contribution is -2.37. The molecular weight excluding hydrogens is 238 g/mol. The summed E-state index contributed by atoms with van der Waals surface area (Å²) >= 11 is 0. The van der Waals surface area contributed by atoms with Gasteiger partial charge in [0.25, 0.3) is 0 Å². The van der Waals surface area contributed by atoms with Crippen LogP contribution in [0.1, 0.15) is 44.6 Å². The molecule has 0 amide bonds. The van der Waals surface area contributed by atoms with Crippen molar-refractivity contribution in [3.63, 3.8) is 0 Å². The number of rotatable bonds is 7. The molecule has 0 aliphatic heterocycles. The molecule has 3 aliphatic carbocycles. The van der Waals surface area contributed by atoms with E-state index in [-0.39, 0.29) is 5.69 Å². The molecule has 3 saturated carbocycles. The monoisotopic (exact) mass is 261 g/mol. The molecule has 104 valence electrons. The third kappa shape index (κ3) is 2.50. The van der Waals surface area contributed by atoms with Crippen LogP contribution in [0.5, 0.6) is 0 Å². The van der Waals surface area contributed by atoms with Gasteiger partial charge in [0.2, 0.25) is 0 Å². The maximum Gasteiger partial charge on any atom is 0.328 e. The molecule has 1 aromatic rings. The standard InChI is InChI=1S/C15H23N3O/c19-15-17(9-10-18(15)13-5-6-13)8-7-16-14(11-1-2-11)12-3-4-12/h9-14,16H,1-8H2. The van der Waals surface area contributed by atoms with Crippen molar-refractivity contribution < 1.29 is 0 Å². The summed E-state index contributed by atoms with van der Waals surface area (Å²) < 4.78 is 3.77. The van der Waals surface area contributed by atoms with Crippen molar-refractivity contribution in [3.8, 4) is 0 Å². The SMILES string of the molecule is O=c1n(CCNC(C2CC2)C2CC2)ccn1C1CC1. The third-order valence-electron chi connectivity index (χ3n) is 4.81. The molecule has 0 unspecified atom stereocenters. The quantitative estimate of drug-likeness (QED) is 0.812. The van der Waals surface area contributed by atoms with Gasteiger partial charge >= 0.3 is 5.69 Å². The van der Waals surface area contributed by atoms with Gasteiger partial charge in [0.15, 0.2) is 0 Å². The molecule has 0 bridgehead atoms. The number of hydrogen-bond acceptors (Lipinski definition) is 2. The van der Waals surface area contributed by atoms with Crippen molar-refractivity contribution in [1.82, 2.24) is 14.5 Å². The van der Waals surface area contributed by atoms with Gasteiger partial charge in [0.1, 0.15) is 0 Å². The Labute approximate surface area is 113 Å². The van der Waals surface area contributed by atoms with E-state index in [1.165, 1.54) is 38.5 Å². The molecule has 3 aliphatic rings. The summed E-state index contributed by atoms with van der Waals surface area (Å²) in [5.74, 6) is 1.86. The molecule has 0 aromatic carbocycles. The van der Waals surface area contributed by atoms with Crippen LogP contribution >= 0.6 is 0 Å². The number of hydrogen-bond donors (Lipinski definition) is 1. The van der Waals surface area contributed by atoms with Crippen molar-refractivity contribution >= 4 is 0 Å². The topological polar surface area (TPSA) is 39.0 Å². The maximum absolute atomic E-state index is 12.1. The van der Waals surface area contributed by atoms with Gasteiger partial charge < -0.3 is 5.32 Å². The smallest absolute Gasteiger partial charge is 0.312 e. The van der Waals surface area contributed by atoms with Crippen LogP contribution in [0.4, 0.5) is 0 Å². The lowest BCUT2D eigenvalue weighted by Gasteiger charge is -2.17. The Bertz CT molecular complexity index is 494. The molecule has 3 fully saturated rings.